The van der Waals surface area contributed by atoms with E-state index in [1.54, 1.807) is 17.0 Å². The number of anilines is 1. The summed E-state index contributed by atoms with van der Waals surface area (Å²) in [6, 6.07) is 19.8. The fourth-order valence-corrected chi connectivity index (χ4v) is 5.47. The lowest BCUT2D eigenvalue weighted by Crippen LogP contribution is -2.39. The molecule has 0 aliphatic carbocycles. The van der Waals surface area contributed by atoms with Gasteiger partial charge in [0.25, 0.3) is 0 Å². The number of nitrogens with zero attached hydrogens (tertiary/aromatic N) is 1. The molecule has 0 N–H and O–H groups in total. The van der Waals surface area contributed by atoms with E-state index in [1.165, 1.54) is 12.1 Å². The van der Waals surface area contributed by atoms with Crippen molar-refractivity contribution in [3.05, 3.63) is 97.3 Å². The molecule has 0 saturated heterocycles. The van der Waals surface area contributed by atoms with Crippen LogP contribution in [0.5, 0.6) is 0 Å². The Hall–Kier alpha value is -1.93. The molecule has 1 amide bonds. The molecule has 1 aliphatic rings. The molecular weight excluding hydrogens is 548 g/mol. The summed E-state index contributed by atoms with van der Waals surface area (Å²) in [6.45, 7) is 0.198. The van der Waals surface area contributed by atoms with Crippen LogP contribution in [0, 0.1) is 9.39 Å². The van der Waals surface area contributed by atoms with Crippen LogP contribution < -0.4 is 4.90 Å². The van der Waals surface area contributed by atoms with E-state index in [-0.39, 0.29) is 18.5 Å². The Labute approximate surface area is 191 Å². The van der Waals surface area contributed by atoms with Crippen molar-refractivity contribution in [3.8, 4) is 0 Å². The van der Waals surface area contributed by atoms with Gasteiger partial charge in [0.15, 0.2) is 0 Å². The molecule has 1 heterocycles. The molecule has 3 aromatic rings. The molecule has 3 aromatic carbocycles. The van der Waals surface area contributed by atoms with Crippen molar-refractivity contribution in [2.75, 3.05) is 4.90 Å². The predicted octanol–water partition coefficient (Wildman–Crippen LogP) is 7.02. The van der Waals surface area contributed by atoms with E-state index in [0.29, 0.717) is 0 Å². The van der Waals surface area contributed by atoms with Crippen molar-refractivity contribution in [2.45, 2.75) is 25.5 Å². The summed E-state index contributed by atoms with van der Waals surface area (Å²) in [5.41, 5.74) is 3.74. The zero-order valence-corrected chi connectivity index (χ0v) is 19.2. The Balaban J connectivity index is 1.70. The monoisotopic (exact) mass is 565 g/mol. The second-order valence-corrected chi connectivity index (χ2v) is 9.01. The fourth-order valence-electron chi connectivity index (χ4n) is 3.66. The van der Waals surface area contributed by atoms with E-state index < -0.39 is 6.09 Å². The third kappa shape index (κ3) is 4.48. The summed E-state index contributed by atoms with van der Waals surface area (Å²) in [5, 5.41) is 0. The van der Waals surface area contributed by atoms with Crippen molar-refractivity contribution in [1.29, 1.82) is 0 Å². The van der Waals surface area contributed by atoms with Crippen LogP contribution in [-0.2, 0) is 17.8 Å². The zero-order valence-electron chi connectivity index (χ0n) is 15.4. The second-order valence-electron chi connectivity index (χ2n) is 6.91. The Bertz CT molecular complexity index is 1030. The average Bonchev–Trinajstić information content (AvgIpc) is 2.72. The number of ether oxygens (including phenoxy) is 1. The van der Waals surface area contributed by atoms with Gasteiger partial charge in [0, 0.05) is 8.04 Å². The van der Waals surface area contributed by atoms with Crippen LogP contribution in [0.2, 0.25) is 0 Å². The lowest BCUT2D eigenvalue weighted by Gasteiger charge is -2.37. The summed E-state index contributed by atoms with van der Waals surface area (Å²) in [5.74, 6) is -0.293. The van der Waals surface area contributed by atoms with Gasteiger partial charge in [0.05, 0.1) is 11.7 Å². The van der Waals surface area contributed by atoms with Crippen LogP contribution in [0.15, 0.2) is 71.2 Å². The van der Waals surface area contributed by atoms with Gasteiger partial charge in [-0.15, -0.1) is 0 Å². The fraction of sp³-hybridized carbons (Fsp3) is 0.174. The van der Waals surface area contributed by atoms with Gasteiger partial charge in [-0.2, -0.15) is 0 Å². The average molecular weight is 566 g/mol. The normalized spacial score (nSPS) is 15.7. The molecule has 1 unspecified atom stereocenters. The quantitative estimate of drug-likeness (QED) is 0.319. The summed E-state index contributed by atoms with van der Waals surface area (Å²) >= 11 is 5.91. The lowest BCUT2D eigenvalue weighted by molar-refractivity contribution is 0.143. The number of rotatable bonds is 3. The minimum absolute atomic E-state index is 0.198. The molecule has 0 aromatic heterocycles. The van der Waals surface area contributed by atoms with Crippen molar-refractivity contribution in [2.24, 2.45) is 0 Å². The first-order chi connectivity index (χ1) is 14.0. The van der Waals surface area contributed by atoms with Crippen LogP contribution in [0.1, 0.15) is 29.2 Å². The number of aryl methyl sites for hydroxylation is 1. The third-order valence-corrected chi connectivity index (χ3v) is 6.23. The van der Waals surface area contributed by atoms with Gasteiger partial charge in [-0.05, 0) is 92.3 Å². The van der Waals surface area contributed by atoms with Gasteiger partial charge < -0.3 is 4.74 Å². The SMILES string of the molecule is O=C(OCc1ccccc1)N1c2c(Br)cc(I)cc2CCC1c1ccc(F)cc1. The minimum Gasteiger partial charge on any atom is -0.444 e. The number of carbonyl (C=O) groups excluding carboxylic acids is 1. The van der Waals surface area contributed by atoms with Crippen LogP contribution in [0.4, 0.5) is 14.9 Å². The van der Waals surface area contributed by atoms with E-state index in [1.807, 2.05) is 36.4 Å². The van der Waals surface area contributed by atoms with Gasteiger partial charge >= 0.3 is 6.09 Å². The summed E-state index contributed by atoms with van der Waals surface area (Å²) in [6.07, 6.45) is 1.16. The van der Waals surface area contributed by atoms with E-state index in [4.69, 9.17) is 4.74 Å². The van der Waals surface area contributed by atoms with Gasteiger partial charge in [-0.3, -0.25) is 4.90 Å². The van der Waals surface area contributed by atoms with Crippen LogP contribution in [0.25, 0.3) is 0 Å². The first-order valence-electron chi connectivity index (χ1n) is 9.26. The Morgan fingerprint density at radius 1 is 1.14 bits per heavy atom. The predicted molar refractivity (Wildman–Crippen MR) is 123 cm³/mol. The Morgan fingerprint density at radius 3 is 2.59 bits per heavy atom. The minimum atomic E-state index is -0.411. The molecule has 3 nitrogen and oxygen atoms in total. The highest BCUT2D eigenvalue weighted by molar-refractivity contribution is 14.1. The maximum absolute atomic E-state index is 13.5. The maximum Gasteiger partial charge on any atom is 0.415 e. The summed E-state index contributed by atoms with van der Waals surface area (Å²) in [4.78, 5) is 14.9. The maximum atomic E-state index is 13.5. The molecule has 148 valence electrons. The first kappa shape index (κ1) is 20.3. The van der Waals surface area contributed by atoms with Crippen LogP contribution in [-0.4, -0.2) is 6.09 Å². The zero-order chi connectivity index (χ0) is 20.4. The first-order valence-corrected chi connectivity index (χ1v) is 11.1. The van der Waals surface area contributed by atoms with E-state index in [0.717, 1.165) is 43.3 Å². The topological polar surface area (TPSA) is 29.5 Å². The largest absolute Gasteiger partial charge is 0.444 e. The molecular formula is C23H18BrFINO2. The summed E-state index contributed by atoms with van der Waals surface area (Å²) in [7, 11) is 0. The Kier molecular flexibility index (Phi) is 6.20. The summed E-state index contributed by atoms with van der Waals surface area (Å²) < 4.78 is 21.1. The van der Waals surface area contributed by atoms with Crippen molar-refractivity contribution >= 4 is 50.3 Å². The smallest absolute Gasteiger partial charge is 0.415 e. The number of hydrogen-bond donors (Lipinski definition) is 0. The van der Waals surface area contributed by atoms with E-state index in [2.05, 4.69) is 44.6 Å². The van der Waals surface area contributed by atoms with Crippen LogP contribution >= 0.6 is 38.5 Å². The molecule has 4 rings (SSSR count). The highest BCUT2D eigenvalue weighted by Crippen LogP contribution is 2.44. The van der Waals surface area contributed by atoms with E-state index >= 15 is 0 Å². The van der Waals surface area contributed by atoms with Gasteiger partial charge in [-0.1, -0.05) is 42.5 Å². The number of carbonyl (C=O) groups is 1. The number of fused-ring (bicyclic) bond motifs is 1. The molecule has 0 bridgehead atoms. The third-order valence-electron chi connectivity index (χ3n) is 5.00. The number of hydrogen-bond acceptors (Lipinski definition) is 2. The molecule has 0 radical (unpaired) electrons. The second kappa shape index (κ2) is 8.83. The highest BCUT2D eigenvalue weighted by Gasteiger charge is 2.35. The number of benzene rings is 3. The van der Waals surface area contributed by atoms with Crippen LogP contribution in [0.3, 0.4) is 0 Å². The van der Waals surface area contributed by atoms with Crippen molar-refractivity contribution < 1.29 is 13.9 Å². The Morgan fingerprint density at radius 2 is 1.86 bits per heavy atom. The van der Waals surface area contributed by atoms with Gasteiger partial charge in [0.1, 0.15) is 12.4 Å². The number of amides is 1. The standard InChI is InChI=1S/C23H18BrFINO2/c24-20-13-19(26)12-17-8-11-21(16-6-9-18(25)10-7-16)27(22(17)20)23(28)29-14-15-4-2-1-3-5-15/h1-7,9-10,12-13,21H,8,11,14H2. The number of halogens is 3. The molecule has 0 saturated carbocycles. The molecule has 6 heteroatoms. The van der Waals surface area contributed by atoms with Crippen molar-refractivity contribution in [3.63, 3.8) is 0 Å². The van der Waals surface area contributed by atoms with Gasteiger partial charge in [0.2, 0.25) is 0 Å². The van der Waals surface area contributed by atoms with Gasteiger partial charge in [-0.25, -0.2) is 9.18 Å². The molecule has 1 aliphatic heterocycles. The van der Waals surface area contributed by atoms with Crippen molar-refractivity contribution in [1.82, 2.24) is 0 Å². The lowest BCUT2D eigenvalue weighted by atomic mass is 9.91. The molecule has 29 heavy (non-hydrogen) atoms. The molecule has 0 spiro atoms. The van der Waals surface area contributed by atoms with E-state index in [9.17, 15) is 9.18 Å². The highest BCUT2D eigenvalue weighted by atomic mass is 127. The molecule has 1 atom stereocenters. The molecule has 0 fully saturated rings.